The van der Waals surface area contributed by atoms with Crippen LogP contribution in [0.15, 0.2) is 22.7 Å². The molecule has 3 aliphatic heterocycles. The number of benzene rings is 1. The van der Waals surface area contributed by atoms with Crippen molar-refractivity contribution in [3.63, 3.8) is 0 Å². The summed E-state index contributed by atoms with van der Waals surface area (Å²) in [4.78, 5) is 14.8. The van der Waals surface area contributed by atoms with Gasteiger partial charge in [0.25, 0.3) is 0 Å². The molecule has 1 aromatic carbocycles. The van der Waals surface area contributed by atoms with E-state index in [0.29, 0.717) is 23.9 Å². The van der Waals surface area contributed by atoms with Crippen LogP contribution in [0.1, 0.15) is 43.2 Å². The molecule has 23 heavy (non-hydrogen) atoms. The fourth-order valence-corrected chi connectivity index (χ4v) is 5.10. The molecule has 2 unspecified atom stereocenters. The van der Waals surface area contributed by atoms with Crippen molar-refractivity contribution in [3.8, 4) is 0 Å². The molecule has 2 saturated heterocycles. The van der Waals surface area contributed by atoms with E-state index in [1.807, 2.05) is 0 Å². The number of carbonyl (C=O) groups excluding carboxylic acids is 1. The Bertz CT molecular complexity index is 582. The van der Waals surface area contributed by atoms with Crippen LogP contribution < -0.4 is 5.32 Å². The summed E-state index contributed by atoms with van der Waals surface area (Å²) >= 11 is 3.63. The van der Waals surface area contributed by atoms with Gasteiger partial charge in [0.2, 0.25) is 5.91 Å². The van der Waals surface area contributed by atoms with Crippen molar-refractivity contribution in [1.82, 2.24) is 10.2 Å². The molecular weight excluding hydrogens is 376 g/mol. The van der Waals surface area contributed by atoms with E-state index in [2.05, 4.69) is 44.3 Å². The van der Waals surface area contributed by atoms with Gasteiger partial charge < -0.3 is 10.2 Å². The van der Waals surface area contributed by atoms with Crippen LogP contribution >= 0.6 is 28.3 Å². The minimum absolute atomic E-state index is 0. The lowest BCUT2D eigenvalue weighted by atomic mass is 9.89. The van der Waals surface area contributed by atoms with Crippen LogP contribution in [0.2, 0.25) is 0 Å². The molecule has 0 radical (unpaired) electrons. The second kappa shape index (κ2) is 7.12. The molecule has 1 N–H and O–H groups in total. The van der Waals surface area contributed by atoms with Gasteiger partial charge in [-0.1, -0.05) is 28.1 Å². The zero-order valence-electron chi connectivity index (χ0n) is 13.3. The number of carbonyl (C=O) groups is 1. The van der Waals surface area contributed by atoms with Gasteiger partial charge in [-0.3, -0.25) is 4.79 Å². The molecule has 0 spiro atoms. The topological polar surface area (TPSA) is 32.3 Å². The molecule has 2 atom stereocenters. The Morgan fingerprint density at radius 1 is 1.26 bits per heavy atom. The number of fused-ring (bicyclic) bond motifs is 3. The van der Waals surface area contributed by atoms with E-state index in [1.165, 1.54) is 41.3 Å². The summed E-state index contributed by atoms with van der Waals surface area (Å²) in [6, 6.07) is 7.68. The summed E-state index contributed by atoms with van der Waals surface area (Å²) in [5.41, 5.74) is 2.69. The van der Waals surface area contributed by atoms with E-state index in [0.717, 1.165) is 25.9 Å². The van der Waals surface area contributed by atoms with E-state index in [4.69, 9.17) is 0 Å². The molecule has 3 aliphatic rings. The van der Waals surface area contributed by atoms with Crippen molar-refractivity contribution in [1.29, 1.82) is 0 Å². The molecule has 2 fully saturated rings. The number of rotatable bonds is 2. The van der Waals surface area contributed by atoms with Crippen LogP contribution in [0.4, 0.5) is 0 Å². The average molecular weight is 400 g/mol. The van der Waals surface area contributed by atoms with Crippen LogP contribution in [-0.4, -0.2) is 29.4 Å². The fraction of sp³-hybridized carbons (Fsp3) is 0.611. The number of nitrogens with one attached hydrogen (secondary N) is 1. The smallest absolute Gasteiger partial charge is 0.223 e. The summed E-state index contributed by atoms with van der Waals surface area (Å²) in [7, 11) is 0. The first-order chi connectivity index (χ1) is 10.7. The second-order valence-corrected chi connectivity index (χ2v) is 7.98. The highest BCUT2D eigenvalue weighted by Gasteiger charge is 2.35. The third kappa shape index (κ3) is 3.59. The number of piperidine rings is 1. The average Bonchev–Trinajstić information content (AvgIpc) is 2.86. The van der Waals surface area contributed by atoms with Gasteiger partial charge in [0, 0.05) is 36.1 Å². The molecule has 0 saturated carbocycles. The van der Waals surface area contributed by atoms with E-state index in [1.54, 1.807) is 0 Å². The minimum atomic E-state index is 0. The van der Waals surface area contributed by atoms with Crippen molar-refractivity contribution in [3.05, 3.63) is 33.8 Å². The maximum Gasteiger partial charge on any atom is 0.223 e. The lowest BCUT2D eigenvalue weighted by Crippen LogP contribution is -2.41. The highest BCUT2D eigenvalue weighted by Crippen LogP contribution is 2.33. The summed E-state index contributed by atoms with van der Waals surface area (Å²) < 4.78 is 1.19. The normalized spacial score (nSPS) is 28.9. The minimum Gasteiger partial charge on any atom is -0.338 e. The predicted molar refractivity (Wildman–Crippen MR) is 97.8 cm³/mol. The molecule has 3 nitrogen and oxygen atoms in total. The van der Waals surface area contributed by atoms with E-state index in [9.17, 15) is 4.79 Å². The largest absolute Gasteiger partial charge is 0.338 e. The second-order valence-electron chi connectivity index (χ2n) is 7.12. The van der Waals surface area contributed by atoms with Crippen molar-refractivity contribution < 1.29 is 4.79 Å². The lowest BCUT2D eigenvalue weighted by Gasteiger charge is -2.33. The standard InChI is InChI=1S/C18H23BrN2O.ClH/c19-17-3-1-2-13-11-21(7-6-16(13)17)18(22)10-12-8-14-4-5-15(9-12)20-14;/h1-3,12,14-15,20H,4-11H2;1H. The number of hydrogen-bond acceptors (Lipinski definition) is 2. The van der Waals surface area contributed by atoms with Crippen molar-refractivity contribution in [2.75, 3.05) is 6.54 Å². The van der Waals surface area contributed by atoms with Crippen LogP contribution in [0, 0.1) is 5.92 Å². The zero-order chi connectivity index (χ0) is 15.1. The summed E-state index contributed by atoms with van der Waals surface area (Å²) in [5.74, 6) is 0.951. The van der Waals surface area contributed by atoms with Crippen LogP contribution in [0.25, 0.3) is 0 Å². The Morgan fingerprint density at radius 3 is 2.74 bits per heavy atom. The molecule has 3 heterocycles. The molecule has 2 bridgehead atoms. The Balaban J connectivity index is 0.00000156. The SMILES string of the molecule is Cl.O=C(CC1CC2CCC(C1)N2)N1CCc2c(Br)cccc2C1. The highest BCUT2D eigenvalue weighted by atomic mass is 79.9. The van der Waals surface area contributed by atoms with Gasteiger partial charge in [0.1, 0.15) is 0 Å². The first-order valence-electron chi connectivity index (χ1n) is 8.49. The third-order valence-electron chi connectivity index (χ3n) is 5.60. The van der Waals surface area contributed by atoms with Crippen molar-refractivity contribution in [2.24, 2.45) is 5.92 Å². The first kappa shape index (κ1) is 17.2. The van der Waals surface area contributed by atoms with Gasteiger partial charge in [-0.25, -0.2) is 0 Å². The van der Waals surface area contributed by atoms with Crippen molar-refractivity contribution >= 4 is 34.2 Å². The number of nitrogens with zero attached hydrogens (tertiary/aromatic N) is 1. The highest BCUT2D eigenvalue weighted by molar-refractivity contribution is 9.10. The molecule has 126 valence electrons. The van der Waals surface area contributed by atoms with Crippen LogP contribution in [0.5, 0.6) is 0 Å². The number of amides is 1. The zero-order valence-corrected chi connectivity index (χ0v) is 15.7. The van der Waals surface area contributed by atoms with E-state index >= 15 is 0 Å². The summed E-state index contributed by atoms with van der Waals surface area (Å²) in [6.45, 7) is 1.65. The molecule has 0 aromatic heterocycles. The predicted octanol–water partition coefficient (Wildman–Crippen LogP) is 3.68. The molecular formula is C18H24BrClN2O. The summed E-state index contributed by atoms with van der Waals surface area (Å²) in [5, 5.41) is 3.66. The van der Waals surface area contributed by atoms with Gasteiger partial charge in [-0.15, -0.1) is 12.4 Å². The Kier molecular flexibility index (Phi) is 5.34. The quantitative estimate of drug-likeness (QED) is 0.823. The van der Waals surface area contributed by atoms with Gasteiger partial charge in [0.15, 0.2) is 0 Å². The van der Waals surface area contributed by atoms with Crippen molar-refractivity contribution in [2.45, 2.75) is 57.2 Å². The van der Waals surface area contributed by atoms with Gasteiger partial charge in [-0.2, -0.15) is 0 Å². The maximum absolute atomic E-state index is 12.7. The van der Waals surface area contributed by atoms with E-state index in [-0.39, 0.29) is 12.4 Å². The van der Waals surface area contributed by atoms with Crippen LogP contribution in [0.3, 0.4) is 0 Å². The Morgan fingerprint density at radius 2 is 2.00 bits per heavy atom. The molecule has 0 aliphatic carbocycles. The van der Waals surface area contributed by atoms with Crippen LogP contribution in [-0.2, 0) is 17.8 Å². The molecule has 1 aromatic rings. The molecule has 5 heteroatoms. The monoisotopic (exact) mass is 398 g/mol. The first-order valence-corrected chi connectivity index (χ1v) is 9.28. The lowest BCUT2D eigenvalue weighted by molar-refractivity contribution is -0.133. The van der Waals surface area contributed by atoms with E-state index < -0.39 is 0 Å². The Labute approximate surface area is 152 Å². The Hall–Kier alpha value is -0.580. The van der Waals surface area contributed by atoms with Gasteiger partial charge in [0.05, 0.1) is 0 Å². The molecule has 4 rings (SSSR count). The number of hydrogen-bond donors (Lipinski definition) is 1. The van der Waals surface area contributed by atoms with Gasteiger partial charge >= 0.3 is 0 Å². The number of halogens is 2. The third-order valence-corrected chi connectivity index (χ3v) is 6.34. The molecule has 1 amide bonds. The summed E-state index contributed by atoms with van der Waals surface area (Å²) in [6.07, 6.45) is 6.72. The maximum atomic E-state index is 12.7. The fourth-order valence-electron chi connectivity index (χ4n) is 4.49. The van der Waals surface area contributed by atoms with Gasteiger partial charge in [-0.05, 0) is 55.2 Å².